The summed E-state index contributed by atoms with van der Waals surface area (Å²) < 4.78 is 0. The van der Waals surface area contributed by atoms with E-state index in [2.05, 4.69) is 24.1 Å². The molecule has 2 rings (SSSR count). The molecule has 0 unspecified atom stereocenters. The van der Waals surface area contributed by atoms with Crippen molar-refractivity contribution in [3.63, 3.8) is 0 Å². The highest BCUT2D eigenvalue weighted by molar-refractivity contribution is 5.47. The van der Waals surface area contributed by atoms with Crippen molar-refractivity contribution in [1.29, 1.82) is 0 Å². The standard InChI is InChI=1S/C15H23N3O2/c1-10(2)15(5-6-15)9-16-8-13-12(4)14(18(19)20)11(3)7-17-13/h7,10,16H,5-6,8-9H2,1-4H3. The van der Waals surface area contributed by atoms with E-state index in [-0.39, 0.29) is 10.6 Å². The second-order valence-electron chi connectivity index (χ2n) is 6.24. The molecule has 5 heteroatoms. The van der Waals surface area contributed by atoms with Crippen LogP contribution in [0.5, 0.6) is 0 Å². The first-order valence-corrected chi connectivity index (χ1v) is 7.17. The summed E-state index contributed by atoms with van der Waals surface area (Å²) in [4.78, 5) is 15.1. The molecule has 0 radical (unpaired) electrons. The third-order valence-electron chi connectivity index (χ3n) is 4.64. The second kappa shape index (κ2) is 5.48. The average molecular weight is 277 g/mol. The number of hydrogen-bond donors (Lipinski definition) is 1. The van der Waals surface area contributed by atoms with Gasteiger partial charge in [-0.05, 0) is 38.0 Å². The molecule has 1 aromatic heterocycles. The minimum atomic E-state index is -0.313. The summed E-state index contributed by atoms with van der Waals surface area (Å²) >= 11 is 0. The van der Waals surface area contributed by atoms with Crippen molar-refractivity contribution in [2.45, 2.75) is 47.1 Å². The minimum absolute atomic E-state index is 0.196. The normalized spacial score (nSPS) is 16.4. The molecule has 0 saturated heterocycles. The number of hydrogen-bond acceptors (Lipinski definition) is 4. The summed E-state index contributed by atoms with van der Waals surface area (Å²) in [5.74, 6) is 0.677. The average Bonchev–Trinajstić information content (AvgIpc) is 3.13. The van der Waals surface area contributed by atoms with E-state index in [9.17, 15) is 10.1 Å². The first-order chi connectivity index (χ1) is 9.37. The van der Waals surface area contributed by atoms with Crippen molar-refractivity contribution in [2.75, 3.05) is 6.54 Å². The molecule has 0 bridgehead atoms. The summed E-state index contributed by atoms with van der Waals surface area (Å²) in [6.07, 6.45) is 4.15. The minimum Gasteiger partial charge on any atom is -0.311 e. The van der Waals surface area contributed by atoms with Crippen LogP contribution in [0.15, 0.2) is 6.20 Å². The lowest BCUT2D eigenvalue weighted by atomic mass is 9.92. The van der Waals surface area contributed by atoms with Gasteiger partial charge in [0.05, 0.1) is 10.6 Å². The van der Waals surface area contributed by atoms with Crippen molar-refractivity contribution in [2.24, 2.45) is 11.3 Å². The highest BCUT2D eigenvalue weighted by Gasteiger charge is 2.44. The van der Waals surface area contributed by atoms with Crippen LogP contribution in [0.25, 0.3) is 0 Å². The van der Waals surface area contributed by atoms with Crippen LogP contribution >= 0.6 is 0 Å². The van der Waals surface area contributed by atoms with Crippen LogP contribution in [-0.4, -0.2) is 16.5 Å². The molecule has 5 nitrogen and oxygen atoms in total. The Morgan fingerprint density at radius 2 is 2.10 bits per heavy atom. The van der Waals surface area contributed by atoms with Gasteiger partial charge in [0, 0.05) is 30.4 Å². The van der Waals surface area contributed by atoms with Gasteiger partial charge in [0.15, 0.2) is 0 Å². The van der Waals surface area contributed by atoms with E-state index in [1.807, 2.05) is 0 Å². The molecule has 0 amide bonds. The van der Waals surface area contributed by atoms with E-state index in [4.69, 9.17) is 0 Å². The lowest BCUT2D eigenvalue weighted by Crippen LogP contribution is -2.27. The molecule has 1 aromatic rings. The molecule has 110 valence electrons. The molecule has 1 saturated carbocycles. The van der Waals surface area contributed by atoms with Crippen molar-refractivity contribution in [3.05, 3.63) is 33.1 Å². The third-order valence-corrected chi connectivity index (χ3v) is 4.64. The van der Waals surface area contributed by atoms with Crippen LogP contribution in [0.3, 0.4) is 0 Å². The lowest BCUT2D eigenvalue weighted by Gasteiger charge is -2.20. The van der Waals surface area contributed by atoms with E-state index in [1.54, 1.807) is 20.0 Å². The van der Waals surface area contributed by atoms with Crippen molar-refractivity contribution < 1.29 is 4.92 Å². The summed E-state index contributed by atoms with van der Waals surface area (Å²) in [7, 11) is 0. The van der Waals surface area contributed by atoms with Crippen molar-refractivity contribution >= 4 is 5.69 Å². The van der Waals surface area contributed by atoms with Gasteiger partial charge in [-0.15, -0.1) is 0 Å². The molecule has 1 fully saturated rings. The van der Waals surface area contributed by atoms with Crippen LogP contribution in [-0.2, 0) is 6.54 Å². The molecular weight excluding hydrogens is 254 g/mol. The van der Waals surface area contributed by atoms with E-state index in [0.717, 1.165) is 12.2 Å². The lowest BCUT2D eigenvalue weighted by molar-refractivity contribution is -0.386. The van der Waals surface area contributed by atoms with Crippen molar-refractivity contribution in [1.82, 2.24) is 10.3 Å². The van der Waals surface area contributed by atoms with E-state index < -0.39 is 0 Å². The van der Waals surface area contributed by atoms with E-state index in [1.165, 1.54) is 12.8 Å². The fraction of sp³-hybridized carbons (Fsp3) is 0.667. The van der Waals surface area contributed by atoms with Crippen LogP contribution < -0.4 is 5.32 Å². The van der Waals surface area contributed by atoms with Gasteiger partial charge in [0.2, 0.25) is 0 Å². The molecule has 1 aliphatic rings. The molecule has 1 heterocycles. The predicted molar refractivity (Wildman–Crippen MR) is 78.6 cm³/mol. The largest absolute Gasteiger partial charge is 0.311 e. The zero-order valence-electron chi connectivity index (χ0n) is 12.7. The smallest absolute Gasteiger partial charge is 0.278 e. The Kier molecular flexibility index (Phi) is 4.09. The number of pyridine rings is 1. The zero-order chi connectivity index (χ0) is 14.9. The number of nitrogens with one attached hydrogen (secondary N) is 1. The Bertz CT molecular complexity index is 522. The third kappa shape index (κ3) is 2.82. The monoisotopic (exact) mass is 277 g/mol. The Morgan fingerprint density at radius 3 is 2.60 bits per heavy atom. The topological polar surface area (TPSA) is 68.1 Å². The summed E-state index contributed by atoms with van der Waals surface area (Å²) in [6, 6.07) is 0. The Morgan fingerprint density at radius 1 is 1.45 bits per heavy atom. The van der Waals surface area contributed by atoms with Crippen molar-refractivity contribution in [3.8, 4) is 0 Å². The molecule has 20 heavy (non-hydrogen) atoms. The number of nitro groups is 1. The van der Waals surface area contributed by atoms with Crippen LogP contribution in [0, 0.1) is 35.3 Å². The van der Waals surface area contributed by atoms with E-state index in [0.29, 0.717) is 29.0 Å². The maximum absolute atomic E-state index is 11.1. The van der Waals surface area contributed by atoms with Gasteiger partial charge in [0.25, 0.3) is 5.69 Å². The fourth-order valence-corrected chi connectivity index (χ4v) is 2.77. The highest BCUT2D eigenvalue weighted by Crippen LogP contribution is 2.51. The zero-order valence-corrected chi connectivity index (χ0v) is 12.7. The number of aryl methyl sites for hydroxylation is 1. The second-order valence-corrected chi connectivity index (χ2v) is 6.24. The van der Waals surface area contributed by atoms with Gasteiger partial charge in [-0.2, -0.15) is 0 Å². The SMILES string of the molecule is Cc1cnc(CNCC2(C(C)C)CC2)c(C)c1[N+](=O)[O-]. The number of nitrogens with zero attached hydrogens (tertiary/aromatic N) is 2. The van der Waals surface area contributed by atoms with Crippen LogP contribution in [0.4, 0.5) is 5.69 Å². The molecule has 0 aromatic carbocycles. The molecule has 1 N–H and O–H groups in total. The predicted octanol–water partition coefficient (Wildman–Crippen LogP) is 3.13. The Labute approximate surface area is 119 Å². The maximum Gasteiger partial charge on any atom is 0.278 e. The van der Waals surface area contributed by atoms with Gasteiger partial charge < -0.3 is 5.32 Å². The van der Waals surface area contributed by atoms with Gasteiger partial charge >= 0.3 is 0 Å². The molecule has 0 atom stereocenters. The van der Waals surface area contributed by atoms with E-state index >= 15 is 0 Å². The van der Waals surface area contributed by atoms with Gasteiger partial charge in [-0.3, -0.25) is 15.1 Å². The number of rotatable bonds is 6. The number of aromatic nitrogens is 1. The highest BCUT2D eigenvalue weighted by atomic mass is 16.6. The molecular formula is C15H23N3O2. The fourth-order valence-electron chi connectivity index (χ4n) is 2.77. The Hall–Kier alpha value is -1.49. The summed E-state index contributed by atoms with van der Waals surface area (Å²) in [5, 5.41) is 14.5. The Balaban J connectivity index is 2.04. The van der Waals surface area contributed by atoms with Gasteiger partial charge in [0.1, 0.15) is 0 Å². The molecule has 1 aliphatic carbocycles. The van der Waals surface area contributed by atoms with Gasteiger partial charge in [-0.25, -0.2) is 0 Å². The molecule has 0 aliphatic heterocycles. The van der Waals surface area contributed by atoms with Crippen LogP contribution in [0.1, 0.15) is 43.5 Å². The van der Waals surface area contributed by atoms with Gasteiger partial charge in [-0.1, -0.05) is 13.8 Å². The quantitative estimate of drug-likeness (QED) is 0.640. The first kappa shape index (κ1) is 14.9. The van der Waals surface area contributed by atoms with Crippen LogP contribution in [0.2, 0.25) is 0 Å². The first-order valence-electron chi connectivity index (χ1n) is 7.17. The summed E-state index contributed by atoms with van der Waals surface area (Å²) in [5.41, 5.74) is 2.71. The maximum atomic E-state index is 11.1. The molecule has 0 spiro atoms. The summed E-state index contributed by atoms with van der Waals surface area (Å²) in [6.45, 7) is 9.59.